The van der Waals surface area contributed by atoms with E-state index in [-0.39, 0.29) is 0 Å². The van der Waals surface area contributed by atoms with Crippen molar-refractivity contribution in [2.45, 2.75) is 0 Å². The zero-order chi connectivity index (χ0) is 21.8. The maximum absolute atomic E-state index is 2.25. The first-order valence-corrected chi connectivity index (χ1v) is 10.9. The van der Waals surface area contributed by atoms with Crippen molar-refractivity contribution in [2.75, 3.05) is 11.9 Å². The summed E-state index contributed by atoms with van der Waals surface area (Å²) in [6.45, 7) is 0. The van der Waals surface area contributed by atoms with E-state index in [0.29, 0.717) is 0 Å². The maximum Gasteiger partial charge on any atom is 0.0414 e. The minimum Gasteiger partial charge on any atom is -0.345 e. The molecule has 0 N–H and O–H groups in total. The molecular formula is C31H25N. The van der Waals surface area contributed by atoms with Crippen LogP contribution in [0.1, 0.15) is 0 Å². The Hall–Kier alpha value is -4.10. The van der Waals surface area contributed by atoms with Crippen LogP contribution in [-0.2, 0) is 0 Å². The van der Waals surface area contributed by atoms with Gasteiger partial charge in [-0.05, 0) is 57.6 Å². The van der Waals surface area contributed by atoms with Crippen molar-refractivity contribution in [3.8, 4) is 33.4 Å². The number of anilines is 2. The summed E-state index contributed by atoms with van der Waals surface area (Å²) in [4.78, 5) is 2.23. The van der Waals surface area contributed by atoms with Gasteiger partial charge in [-0.1, -0.05) is 109 Å². The number of benzene rings is 5. The van der Waals surface area contributed by atoms with Gasteiger partial charge >= 0.3 is 0 Å². The highest BCUT2D eigenvalue weighted by molar-refractivity contribution is 5.75. The first-order chi connectivity index (χ1) is 15.8. The van der Waals surface area contributed by atoms with Crippen LogP contribution < -0.4 is 4.90 Å². The lowest BCUT2D eigenvalue weighted by atomic mass is 10.00. The van der Waals surface area contributed by atoms with Crippen LogP contribution in [-0.4, -0.2) is 7.05 Å². The highest BCUT2D eigenvalue weighted by Gasteiger charge is 2.07. The summed E-state index contributed by atoms with van der Waals surface area (Å²) in [6, 6.07) is 47.3. The second-order valence-electron chi connectivity index (χ2n) is 7.97. The third-order valence-corrected chi connectivity index (χ3v) is 5.92. The lowest BCUT2D eigenvalue weighted by Gasteiger charge is -2.21. The molecule has 0 fully saturated rings. The summed E-state index contributed by atoms with van der Waals surface area (Å²) in [5, 5.41) is 0. The molecule has 1 nitrogen and oxygen atoms in total. The molecule has 0 heterocycles. The zero-order valence-corrected chi connectivity index (χ0v) is 18.1. The van der Waals surface area contributed by atoms with Crippen LogP contribution in [0.25, 0.3) is 33.4 Å². The van der Waals surface area contributed by atoms with Crippen LogP contribution >= 0.6 is 0 Å². The lowest BCUT2D eigenvalue weighted by Crippen LogP contribution is -2.09. The van der Waals surface area contributed by atoms with Crippen LogP contribution in [0.2, 0.25) is 0 Å². The Morgan fingerprint density at radius 3 is 1.28 bits per heavy atom. The molecule has 0 bridgehead atoms. The zero-order valence-electron chi connectivity index (χ0n) is 18.1. The smallest absolute Gasteiger partial charge is 0.0414 e. The molecule has 0 saturated heterocycles. The molecule has 5 aromatic rings. The normalized spacial score (nSPS) is 10.7. The lowest BCUT2D eigenvalue weighted by molar-refractivity contribution is 1.21. The van der Waals surface area contributed by atoms with E-state index in [1.54, 1.807) is 0 Å². The fraction of sp³-hybridized carbons (Fsp3) is 0.0323. The van der Waals surface area contributed by atoms with Gasteiger partial charge in [-0.25, -0.2) is 0 Å². The van der Waals surface area contributed by atoms with Crippen molar-refractivity contribution in [1.82, 2.24) is 0 Å². The van der Waals surface area contributed by atoms with Crippen molar-refractivity contribution in [3.05, 3.63) is 133 Å². The van der Waals surface area contributed by atoms with E-state index in [0.717, 1.165) is 0 Å². The highest BCUT2D eigenvalue weighted by Crippen LogP contribution is 2.31. The number of rotatable bonds is 5. The van der Waals surface area contributed by atoms with Gasteiger partial charge in [-0.15, -0.1) is 0 Å². The van der Waals surface area contributed by atoms with E-state index >= 15 is 0 Å². The number of nitrogens with zero attached hydrogens (tertiary/aromatic N) is 1. The second-order valence-corrected chi connectivity index (χ2v) is 7.97. The predicted molar refractivity (Wildman–Crippen MR) is 137 cm³/mol. The largest absolute Gasteiger partial charge is 0.345 e. The van der Waals surface area contributed by atoms with Crippen molar-refractivity contribution >= 4 is 11.4 Å². The van der Waals surface area contributed by atoms with Crippen LogP contribution in [0.5, 0.6) is 0 Å². The summed E-state index contributed by atoms with van der Waals surface area (Å²) < 4.78 is 0. The van der Waals surface area contributed by atoms with E-state index in [1.807, 2.05) is 6.07 Å². The number of hydrogen-bond donors (Lipinski definition) is 0. The fourth-order valence-corrected chi connectivity index (χ4v) is 4.04. The third-order valence-electron chi connectivity index (χ3n) is 5.92. The highest BCUT2D eigenvalue weighted by atomic mass is 15.1. The van der Waals surface area contributed by atoms with Crippen LogP contribution in [0, 0.1) is 0 Å². The summed E-state index contributed by atoms with van der Waals surface area (Å²) in [5.41, 5.74) is 9.72. The molecule has 1 heteroatoms. The van der Waals surface area contributed by atoms with Gasteiger partial charge in [0.25, 0.3) is 0 Å². The van der Waals surface area contributed by atoms with Crippen molar-refractivity contribution in [3.63, 3.8) is 0 Å². The molecule has 0 radical (unpaired) electrons. The second kappa shape index (κ2) is 8.95. The summed E-state index contributed by atoms with van der Waals surface area (Å²) in [6.07, 6.45) is 0. The van der Waals surface area contributed by atoms with Crippen molar-refractivity contribution < 1.29 is 0 Å². The van der Waals surface area contributed by atoms with Gasteiger partial charge in [0.1, 0.15) is 0 Å². The Kier molecular flexibility index (Phi) is 5.55. The first-order valence-electron chi connectivity index (χ1n) is 10.9. The molecular weight excluding hydrogens is 386 g/mol. The maximum atomic E-state index is 2.25. The van der Waals surface area contributed by atoms with Gasteiger partial charge in [0, 0.05) is 18.4 Å². The van der Waals surface area contributed by atoms with Crippen LogP contribution in [0.15, 0.2) is 133 Å². The van der Waals surface area contributed by atoms with E-state index in [1.165, 1.54) is 44.8 Å². The van der Waals surface area contributed by atoms with Crippen molar-refractivity contribution in [1.29, 1.82) is 0 Å². The molecule has 0 amide bonds. The number of hydrogen-bond acceptors (Lipinski definition) is 1. The summed E-state index contributed by atoms with van der Waals surface area (Å²) in [5.74, 6) is 0. The fourth-order valence-electron chi connectivity index (χ4n) is 4.04. The quantitative estimate of drug-likeness (QED) is 0.280. The molecule has 0 unspecified atom stereocenters. The molecule has 0 spiro atoms. The molecule has 0 aromatic heterocycles. The molecule has 154 valence electrons. The first kappa shape index (κ1) is 19.8. The topological polar surface area (TPSA) is 3.24 Å². The van der Waals surface area contributed by atoms with E-state index in [4.69, 9.17) is 0 Å². The van der Waals surface area contributed by atoms with E-state index in [2.05, 4.69) is 139 Å². The molecule has 32 heavy (non-hydrogen) atoms. The molecule has 5 rings (SSSR count). The van der Waals surface area contributed by atoms with Gasteiger partial charge in [0.15, 0.2) is 0 Å². The van der Waals surface area contributed by atoms with Crippen LogP contribution in [0.4, 0.5) is 11.4 Å². The van der Waals surface area contributed by atoms with E-state index in [9.17, 15) is 0 Å². The summed E-state index contributed by atoms with van der Waals surface area (Å²) in [7, 11) is 2.12. The average Bonchev–Trinajstić information content (AvgIpc) is 2.89. The third kappa shape index (κ3) is 4.19. The Morgan fingerprint density at radius 1 is 0.344 bits per heavy atom. The van der Waals surface area contributed by atoms with Gasteiger partial charge in [0.2, 0.25) is 0 Å². The predicted octanol–water partition coefficient (Wildman–Crippen LogP) is 8.46. The molecule has 0 aliphatic carbocycles. The molecule has 0 atom stereocenters. The molecule has 0 aliphatic heterocycles. The van der Waals surface area contributed by atoms with Gasteiger partial charge in [-0.2, -0.15) is 0 Å². The Bertz CT molecular complexity index is 1290. The monoisotopic (exact) mass is 411 g/mol. The Labute approximate surface area is 190 Å². The minimum absolute atomic E-state index is 1.17. The standard InChI is InChI=1S/C31H25N/c1-32(30-21-19-27(20-22-30)25-11-6-3-7-12-25)31-14-8-13-29(23-31)28-17-15-26(16-18-28)24-9-4-2-5-10-24/h2-23H,1H3. The molecule has 0 saturated carbocycles. The molecule has 5 aromatic carbocycles. The van der Waals surface area contributed by atoms with Crippen molar-refractivity contribution in [2.24, 2.45) is 0 Å². The van der Waals surface area contributed by atoms with Gasteiger partial charge in [-0.3, -0.25) is 0 Å². The Balaban J connectivity index is 1.38. The van der Waals surface area contributed by atoms with Gasteiger partial charge in [0.05, 0.1) is 0 Å². The SMILES string of the molecule is CN(c1ccc(-c2ccccc2)cc1)c1cccc(-c2ccc(-c3ccccc3)cc2)c1. The summed E-state index contributed by atoms with van der Waals surface area (Å²) >= 11 is 0. The van der Waals surface area contributed by atoms with Crippen LogP contribution in [0.3, 0.4) is 0 Å². The minimum atomic E-state index is 1.17. The Morgan fingerprint density at radius 2 is 0.750 bits per heavy atom. The van der Waals surface area contributed by atoms with Gasteiger partial charge < -0.3 is 4.90 Å². The van der Waals surface area contributed by atoms with E-state index < -0.39 is 0 Å². The average molecular weight is 412 g/mol. The molecule has 0 aliphatic rings.